The molecule has 0 radical (unpaired) electrons. The van der Waals surface area contributed by atoms with E-state index in [1.807, 2.05) is 6.92 Å². The fourth-order valence-electron chi connectivity index (χ4n) is 4.62. The number of pyridine rings is 1. The molecular weight excluding hydrogens is 575 g/mol. The fraction of sp³-hybridized carbons (Fsp3) is 0.640. The van der Waals surface area contributed by atoms with Gasteiger partial charge >= 0.3 is 6.18 Å². The molecule has 0 aliphatic heterocycles. The molecular formula is C25H35ClF3N5O5S. The fourth-order valence-corrected chi connectivity index (χ4v) is 6.07. The number of amides is 1. The summed E-state index contributed by atoms with van der Waals surface area (Å²) in [6.45, 7) is 1.66. The van der Waals surface area contributed by atoms with Crippen molar-refractivity contribution in [1.29, 1.82) is 0 Å². The Morgan fingerprint density at radius 1 is 1.25 bits per heavy atom. The van der Waals surface area contributed by atoms with E-state index >= 15 is 0 Å². The second-order valence-corrected chi connectivity index (χ2v) is 12.4. The van der Waals surface area contributed by atoms with Crippen LogP contribution in [0.3, 0.4) is 0 Å². The third-order valence-electron chi connectivity index (χ3n) is 6.74. The van der Waals surface area contributed by atoms with Crippen molar-refractivity contribution in [2.24, 2.45) is 5.92 Å². The van der Waals surface area contributed by atoms with E-state index in [0.717, 1.165) is 0 Å². The number of aryl methyl sites for hydroxylation is 1. The summed E-state index contributed by atoms with van der Waals surface area (Å²) in [6, 6.07) is 1.63. The van der Waals surface area contributed by atoms with E-state index in [-0.39, 0.29) is 28.5 Å². The first-order chi connectivity index (χ1) is 18.8. The van der Waals surface area contributed by atoms with Crippen LogP contribution >= 0.6 is 11.6 Å². The topological polar surface area (TPSA) is 124 Å². The summed E-state index contributed by atoms with van der Waals surface area (Å²) in [5.41, 5.74) is 1.03. The number of hydrogen-bond acceptors (Lipinski definition) is 8. The van der Waals surface area contributed by atoms with E-state index < -0.39 is 28.5 Å². The zero-order chi connectivity index (χ0) is 29.5. The third kappa shape index (κ3) is 8.71. The highest BCUT2D eigenvalue weighted by Crippen LogP contribution is 2.37. The van der Waals surface area contributed by atoms with Gasteiger partial charge in [0.15, 0.2) is 5.69 Å². The third-order valence-corrected chi connectivity index (χ3v) is 8.78. The molecule has 0 aromatic carbocycles. The van der Waals surface area contributed by atoms with E-state index in [9.17, 15) is 26.4 Å². The predicted molar refractivity (Wildman–Crippen MR) is 146 cm³/mol. The van der Waals surface area contributed by atoms with Gasteiger partial charge in [0.05, 0.1) is 28.6 Å². The molecule has 2 aromatic rings. The molecule has 2 N–H and O–H groups in total. The summed E-state index contributed by atoms with van der Waals surface area (Å²) in [4.78, 5) is 17.4. The number of alkyl halides is 3. The molecule has 1 saturated carbocycles. The Bertz CT molecular complexity index is 1260. The summed E-state index contributed by atoms with van der Waals surface area (Å²) in [5.74, 6) is 0.603. The maximum Gasteiger partial charge on any atom is 0.411 e. The number of aromatic nitrogens is 3. The van der Waals surface area contributed by atoms with Gasteiger partial charge in [-0.3, -0.25) is 9.48 Å². The number of anilines is 1. The number of rotatable bonds is 13. The largest absolute Gasteiger partial charge is 0.496 e. The number of sulfone groups is 1. The quantitative estimate of drug-likeness (QED) is 0.321. The molecule has 0 spiro atoms. The molecule has 15 heteroatoms. The predicted octanol–water partition coefficient (Wildman–Crippen LogP) is 4.34. The van der Waals surface area contributed by atoms with Crippen molar-refractivity contribution < 1.29 is 35.9 Å². The van der Waals surface area contributed by atoms with Crippen molar-refractivity contribution in [1.82, 2.24) is 20.1 Å². The summed E-state index contributed by atoms with van der Waals surface area (Å²) >= 11 is 6.66. The molecule has 40 heavy (non-hydrogen) atoms. The van der Waals surface area contributed by atoms with Crippen molar-refractivity contribution in [3.8, 4) is 17.0 Å². The number of nitrogens with zero attached hydrogens (tertiary/aromatic N) is 3. The zero-order valence-electron chi connectivity index (χ0n) is 22.7. The van der Waals surface area contributed by atoms with Gasteiger partial charge in [0.2, 0.25) is 0 Å². The molecule has 2 heterocycles. The number of methoxy groups -OCH3 is 1. The van der Waals surface area contributed by atoms with E-state index in [1.165, 1.54) is 19.6 Å². The summed E-state index contributed by atoms with van der Waals surface area (Å²) in [5, 5.41) is 10.1. The maximum absolute atomic E-state index is 13.0. The van der Waals surface area contributed by atoms with Gasteiger partial charge in [-0.2, -0.15) is 18.3 Å². The highest BCUT2D eigenvalue weighted by atomic mass is 35.5. The molecule has 1 fully saturated rings. The van der Waals surface area contributed by atoms with Crippen LogP contribution in [0.5, 0.6) is 5.75 Å². The standard InChI is InChI=1S/C25H35ClF3N5O5S/c1-4-34-23(18-14-31-20(12-19(18)38-2)30-10-5-11-39-15-25(27,28)29)21(26)22(33-34)24(35)32-13-16-6-8-17(9-7-16)40(3,36)37/h12,14,16-17H,4-11,13,15H2,1-3H3,(H,30,31)(H,32,35)/t16-,17+. The van der Waals surface area contributed by atoms with Crippen LogP contribution in [0.1, 0.15) is 49.5 Å². The lowest BCUT2D eigenvalue weighted by Gasteiger charge is -2.27. The van der Waals surface area contributed by atoms with Crippen molar-refractivity contribution in [3.05, 3.63) is 23.0 Å². The number of ether oxygens (including phenoxy) is 2. The molecule has 2 aromatic heterocycles. The average Bonchev–Trinajstić information content (AvgIpc) is 3.24. The van der Waals surface area contributed by atoms with E-state index in [4.69, 9.17) is 16.3 Å². The van der Waals surface area contributed by atoms with Crippen LogP contribution in [0.2, 0.25) is 5.02 Å². The van der Waals surface area contributed by atoms with Gasteiger partial charge in [-0.05, 0) is 44.9 Å². The summed E-state index contributed by atoms with van der Waals surface area (Å²) < 4.78 is 71.8. The molecule has 1 aliphatic carbocycles. The minimum Gasteiger partial charge on any atom is -0.496 e. The zero-order valence-corrected chi connectivity index (χ0v) is 24.3. The molecule has 0 atom stereocenters. The first kappa shape index (κ1) is 31.9. The molecule has 10 nitrogen and oxygen atoms in total. The van der Waals surface area contributed by atoms with Crippen molar-refractivity contribution in [2.45, 2.75) is 57.0 Å². The Balaban J connectivity index is 1.64. The lowest BCUT2D eigenvalue weighted by molar-refractivity contribution is -0.173. The number of hydrogen-bond donors (Lipinski definition) is 2. The van der Waals surface area contributed by atoms with Crippen molar-refractivity contribution in [2.75, 3.05) is 45.0 Å². The van der Waals surface area contributed by atoms with E-state index in [0.29, 0.717) is 74.6 Å². The molecule has 1 amide bonds. The van der Waals surface area contributed by atoms with Gasteiger partial charge in [0.1, 0.15) is 28.0 Å². The van der Waals surface area contributed by atoms with Gasteiger partial charge in [-0.15, -0.1) is 0 Å². The van der Waals surface area contributed by atoms with Crippen molar-refractivity contribution >= 4 is 33.2 Å². The van der Waals surface area contributed by atoms with Crippen molar-refractivity contribution in [3.63, 3.8) is 0 Å². The molecule has 0 saturated heterocycles. The van der Waals surface area contributed by atoms with Crippen LogP contribution in [0.4, 0.5) is 19.0 Å². The van der Waals surface area contributed by atoms with Gasteiger partial charge < -0.3 is 20.1 Å². The second kappa shape index (κ2) is 13.9. The number of nitrogens with one attached hydrogen (secondary N) is 2. The normalized spacial score (nSPS) is 18.0. The van der Waals surface area contributed by atoms with Crippen LogP contribution in [-0.4, -0.2) is 80.2 Å². The smallest absolute Gasteiger partial charge is 0.411 e. The monoisotopic (exact) mass is 609 g/mol. The van der Waals surface area contributed by atoms with E-state index in [1.54, 1.807) is 10.7 Å². The summed E-state index contributed by atoms with van der Waals surface area (Å²) in [6.07, 6.45) is 1.36. The Morgan fingerprint density at radius 2 is 1.95 bits per heavy atom. The van der Waals surface area contributed by atoms with Gasteiger partial charge in [-0.1, -0.05) is 11.6 Å². The summed E-state index contributed by atoms with van der Waals surface area (Å²) in [7, 11) is -1.59. The van der Waals surface area contributed by atoms with Crippen LogP contribution in [0.25, 0.3) is 11.3 Å². The Hall–Kier alpha value is -2.58. The Labute approximate surface area is 236 Å². The lowest BCUT2D eigenvalue weighted by atomic mass is 9.89. The minimum atomic E-state index is -4.36. The average molecular weight is 610 g/mol. The molecule has 1 aliphatic rings. The maximum atomic E-state index is 13.0. The number of halogens is 4. The second-order valence-electron chi connectivity index (χ2n) is 9.73. The molecule has 224 valence electrons. The van der Waals surface area contributed by atoms with Gasteiger partial charge in [0, 0.05) is 44.8 Å². The first-order valence-electron chi connectivity index (χ1n) is 13.0. The Morgan fingerprint density at radius 3 is 2.55 bits per heavy atom. The first-order valence-corrected chi connectivity index (χ1v) is 15.3. The lowest BCUT2D eigenvalue weighted by Crippen LogP contribution is -2.34. The number of carbonyl (C=O) groups is 1. The highest BCUT2D eigenvalue weighted by molar-refractivity contribution is 7.91. The van der Waals surface area contributed by atoms with Gasteiger partial charge in [0.25, 0.3) is 5.91 Å². The molecule has 0 bridgehead atoms. The highest BCUT2D eigenvalue weighted by Gasteiger charge is 2.30. The van der Waals surface area contributed by atoms with Gasteiger partial charge in [-0.25, -0.2) is 13.4 Å². The van der Waals surface area contributed by atoms with Crippen LogP contribution in [-0.2, 0) is 21.1 Å². The SMILES string of the molecule is CCn1nc(C(=O)NC[C@H]2CC[C@@H](S(C)(=O)=O)CC2)c(Cl)c1-c1cnc(NCCCOCC(F)(F)F)cc1OC. The van der Waals surface area contributed by atoms with Crippen LogP contribution < -0.4 is 15.4 Å². The van der Waals surface area contributed by atoms with Crippen LogP contribution in [0, 0.1) is 5.92 Å². The Kier molecular flexibility index (Phi) is 11.1. The number of carbonyl (C=O) groups excluding carboxylic acids is 1. The van der Waals surface area contributed by atoms with Crippen LogP contribution in [0.15, 0.2) is 12.3 Å². The van der Waals surface area contributed by atoms with E-state index in [2.05, 4.69) is 25.5 Å². The minimum absolute atomic E-state index is 0.0558. The molecule has 3 rings (SSSR count). The molecule has 0 unspecified atom stereocenters.